The van der Waals surface area contributed by atoms with Crippen LogP contribution in [0.5, 0.6) is 11.5 Å². The fourth-order valence-electron chi connectivity index (χ4n) is 3.43. The third-order valence-corrected chi connectivity index (χ3v) is 5.27. The molecule has 1 aliphatic carbocycles. The second-order valence-corrected chi connectivity index (χ2v) is 8.34. The molecule has 1 heterocycles. The molecule has 0 bridgehead atoms. The first kappa shape index (κ1) is 17.5. The lowest BCUT2D eigenvalue weighted by Gasteiger charge is -2.32. The van der Waals surface area contributed by atoms with Crippen LogP contribution in [0.15, 0.2) is 18.2 Å². The molecule has 1 aromatic rings. The van der Waals surface area contributed by atoms with E-state index in [1.165, 1.54) is 6.26 Å². The molecule has 2 N–H and O–H groups in total. The molecule has 6 nitrogen and oxygen atoms in total. The van der Waals surface area contributed by atoms with Gasteiger partial charge in [0.25, 0.3) is 0 Å². The van der Waals surface area contributed by atoms with Crippen molar-refractivity contribution in [3.63, 3.8) is 0 Å². The molecule has 1 aliphatic heterocycles. The van der Waals surface area contributed by atoms with Gasteiger partial charge in [0.05, 0.1) is 19.5 Å². The van der Waals surface area contributed by atoms with E-state index in [2.05, 4.69) is 10.0 Å². The van der Waals surface area contributed by atoms with Gasteiger partial charge < -0.3 is 14.8 Å². The van der Waals surface area contributed by atoms with E-state index in [0.29, 0.717) is 19.8 Å². The van der Waals surface area contributed by atoms with E-state index in [9.17, 15) is 8.42 Å². The Hall–Kier alpha value is -1.31. The van der Waals surface area contributed by atoms with Crippen molar-refractivity contribution in [3.05, 3.63) is 23.8 Å². The predicted octanol–water partition coefficient (Wildman–Crippen LogP) is 1.80. The van der Waals surface area contributed by atoms with Crippen LogP contribution in [0.2, 0.25) is 0 Å². The zero-order valence-electron chi connectivity index (χ0n) is 14.1. The molecule has 1 fully saturated rings. The van der Waals surface area contributed by atoms with Crippen LogP contribution in [-0.4, -0.2) is 40.0 Å². The van der Waals surface area contributed by atoms with E-state index >= 15 is 0 Å². The largest absolute Gasteiger partial charge is 0.490 e. The summed E-state index contributed by atoms with van der Waals surface area (Å²) in [5.41, 5.74) is 1.05. The Morgan fingerprint density at radius 2 is 1.83 bits per heavy atom. The minimum Gasteiger partial charge on any atom is -0.490 e. The summed E-state index contributed by atoms with van der Waals surface area (Å²) in [6, 6.07) is 6.02. The van der Waals surface area contributed by atoms with Crippen LogP contribution in [0.3, 0.4) is 0 Å². The van der Waals surface area contributed by atoms with Crippen molar-refractivity contribution in [2.24, 2.45) is 0 Å². The highest BCUT2D eigenvalue weighted by molar-refractivity contribution is 7.88. The molecule has 1 saturated carbocycles. The van der Waals surface area contributed by atoms with E-state index in [-0.39, 0.29) is 12.1 Å². The molecular weight excluding hydrogens is 328 g/mol. The number of para-hydroxylation sites is 1. The average molecular weight is 354 g/mol. The monoisotopic (exact) mass is 354 g/mol. The molecule has 0 aromatic heterocycles. The normalized spacial score (nSPS) is 24.4. The Balaban J connectivity index is 1.68. The van der Waals surface area contributed by atoms with Gasteiger partial charge in [0.1, 0.15) is 0 Å². The molecule has 2 atom stereocenters. The van der Waals surface area contributed by atoms with Gasteiger partial charge in [0.2, 0.25) is 10.0 Å². The lowest BCUT2D eigenvalue weighted by atomic mass is 9.91. The summed E-state index contributed by atoms with van der Waals surface area (Å²) in [5, 5.41) is 3.52. The number of benzene rings is 1. The first-order valence-electron chi connectivity index (χ1n) is 8.61. The maximum absolute atomic E-state index is 11.6. The van der Waals surface area contributed by atoms with Crippen molar-refractivity contribution in [3.8, 4) is 11.5 Å². The maximum atomic E-state index is 11.6. The van der Waals surface area contributed by atoms with Crippen LogP contribution in [0.25, 0.3) is 0 Å². The quantitative estimate of drug-likeness (QED) is 0.843. The Morgan fingerprint density at radius 3 is 2.62 bits per heavy atom. The van der Waals surface area contributed by atoms with Gasteiger partial charge in [-0.1, -0.05) is 25.0 Å². The first-order chi connectivity index (χ1) is 11.5. The Bertz CT molecular complexity index is 663. The van der Waals surface area contributed by atoms with Crippen LogP contribution in [0, 0.1) is 0 Å². The zero-order chi connectivity index (χ0) is 17.0. The zero-order valence-corrected chi connectivity index (χ0v) is 14.9. The Labute approximate surface area is 144 Å². The fraction of sp³-hybridized carbons (Fsp3) is 0.647. The second-order valence-electron chi connectivity index (χ2n) is 6.56. The van der Waals surface area contributed by atoms with Gasteiger partial charge in [0, 0.05) is 30.6 Å². The van der Waals surface area contributed by atoms with Gasteiger partial charge in [-0.05, 0) is 18.9 Å². The van der Waals surface area contributed by atoms with Crippen molar-refractivity contribution in [2.75, 3.05) is 19.5 Å². The van der Waals surface area contributed by atoms with Gasteiger partial charge in [-0.3, -0.25) is 0 Å². The van der Waals surface area contributed by atoms with E-state index < -0.39 is 10.0 Å². The van der Waals surface area contributed by atoms with Crippen LogP contribution < -0.4 is 19.5 Å². The van der Waals surface area contributed by atoms with Crippen LogP contribution >= 0.6 is 0 Å². The van der Waals surface area contributed by atoms with Gasteiger partial charge >= 0.3 is 0 Å². The number of rotatable bonds is 5. The highest BCUT2D eigenvalue weighted by atomic mass is 32.2. The molecule has 0 unspecified atom stereocenters. The molecule has 24 heavy (non-hydrogen) atoms. The number of fused-ring (bicyclic) bond motifs is 1. The van der Waals surface area contributed by atoms with E-state index in [0.717, 1.165) is 49.2 Å². The van der Waals surface area contributed by atoms with Gasteiger partial charge in [-0.2, -0.15) is 0 Å². The molecule has 134 valence electrons. The third kappa shape index (κ3) is 4.62. The molecule has 7 heteroatoms. The van der Waals surface area contributed by atoms with Crippen molar-refractivity contribution in [2.45, 2.75) is 50.7 Å². The summed E-state index contributed by atoms with van der Waals surface area (Å²) in [6.45, 7) is 1.97. The lowest BCUT2D eigenvalue weighted by Crippen LogP contribution is -2.51. The molecule has 0 saturated heterocycles. The summed E-state index contributed by atoms with van der Waals surface area (Å²) in [6.07, 6.45) is 6.12. The van der Waals surface area contributed by atoms with Crippen molar-refractivity contribution in [1.82, 2.24) is 10.0 Å². The van der Waals surface area contributed by atoms with Gasteiger partial charge in [0.15, 0.2) is 11.5 Å². The van der Waals surface area contributed by atoms with Gasteiger partial charge in [-0.25, -0.2) is 13.1 Å². The molecule has 3 rings (SSSR count). The van der Waals surface area contributed by atoms with Gasteiger partial charge in [-0.15, -0.1) is 0 Å². The highest BCUT2D eigenvalue weighted by Crippen LogP contribution is 2.33. The Kier molecular flexibility index (Phi) is 5.63. The van der Waals surface area contributed by atoms with E-state index in [1.807, 2.05) is 18.2 Å². The molecular formula is C17H26N2O4S. The minimum absolute atomic E-state index is 0.0479. The summed E-state index contributed by atoms with van der Waals surface area (Å²) in [4.78, 5) is 0. The second kappa shape index (κ2) is 7.72. The maximum Gasteiger partial charge on any atom is 0.209 e. The SMILES string of the molecule is CS(=O)(=O)N[C@@H]1CCCC[C@@H]1NCc1cccc2c1OCCCO2. The molecule has 0 amide bonds. The summed E-state index contributed by atoms with van der Waals surface area (Å²) in [7, 11) is -3.19. The number of hydrogen-bond acceptors (Lipinski definition) is 5. The highest BCUT2D eigenvalue weighted by Gasteiger charge is 2.27. The number of hydrogen-bond donors (Lipinski definition) is 2. The molecule has 0 radical (unpaired) electrons. The van der Waals surface area contributed by atoms with Crippen molar-refractivity contribution < 1.29 is 17.9 Å². The van der Waals surface area contributed by atoms with E-state index in [1.54, 1.807) is 0 Å². The smallest absolute Gasteiger partial charge is 0.209 e. The number of nitrogens with one attached hydrogen (secondary N) is 2. The standard InChI is InChI=1S/C17H26N2O4S/c1-24(20,21)19-15-8-3-2-7-14(15)18-12-13-6-4-9-16-17(13)23-11-5-10-22-16/h4,6,9,14-15,18-19H,2-3,5,7-8,10-12H2,1H3/t14-,15+/m0/s1. The average Bonchev–Trinajstić information content (AvgIpc) is 2.78. The van der Waals surface area contributed by atoms with E-state index in [4.69, 9.17) is 9.47 Å². The molecule has 2 aliphatic rings. The Morgan fingerprint density at radius 1 is 1.08 bits per heavy atom. The lowest BCUT2D eigenvalue weighted by molar-refractivity contribution is 0.292. The van der Waals surface area contributed by atoms with Crippen molar-refractivity contribution in [1.29, 1.82) is 0 Å². The van der Waals surface area contributed by atoms with Crippen LogP contribution in [0.1, 0.15) is 37.7 Å². The molecule has 1 aromatic carbocycles. The summed E-state index contributed by atoms with van der Waals surface area (Å²) in [5.74, 6) is 1.60. The van der Waals surface area contributed by atoms with Crippen LogP contribution in [0.4, 0.5) is 0 Å². The van der Waals surface area contributed by atoms with Crippen LogP contribution in [-0.2, 0) is 16.6 Å². The van der Waals surface area contributed by atoms with Crippen molar-refractivity contribution >= 4 is 10.0 Å². The summed E-state index contributed by atoms with van der Waals surface area (Å²) >= 11 is 0. The predicted molar refractivity (Wildman–Crippen MR) is 92.9 cm³/mol. The number of ether oxygens (including phenoxy) is 2. The minimum atomic E-state index is -3.19. The fourth-order valence-corrected chi connectivity index (χ4v) is 4.26. The third-order valence-electron chi connectivity index (χ3n) is 4.54. The topological polar surface area (TPSA) is 76.7 Å². The number of sulfonamides is 1. The molecule has 0 spiro atoms. The first-order valence-corrected chi connectivity index (χ1v) is 10.5. The summed E-state index contributed by atoms with van der Waals surface area (Å²) < 4.78 is 37.5.